The quantitative estimate of drug-likeness (QED) is 0.729. The Labute approximate surface area is 101 Å². The maximum atomic E-state index is 12.2. The molecule has 0 bridgehead atoms. The SMILES string of the molecule is O=C(O)C1CCN(C(=O)C2CCCNC2)CC1. The fourth-order valence-corrected chi connectivity index (χ4v) is 2.67. The minimum absolute atomic E-state index is 0.102. The highest BCUT2D eigenvalue weighted by Crippen LogP contribution is 2.21. The number of aliphatic carboxylic acids is 1. The van der Waals surface area contributed by atoms with E-state index in [0.717, 1.165) is 25.9 Å². The van der Waals surface area contributed by atoms with Crippen LogP contribution in [-0.4, -0.2) is 48.1 Å². The van der Waals surface area contributed by atoms with E-state index in [1.807, 2.05) is 4.90 Å². The molecule has 0 aliphatic carbocycles. The van der Waals surface area contributed by atoms with Crippen molar-refractivity contribution in [1.82, 2.24) is 10.2 Å². The number of piperidine rings is 2. The van der Waals surface area contributed by atoms with Crippen LogP contribution in [0, 0.1) is 11.8 Å². The third-order valence-electron chi connectivity index (χ3n) is 3.80. The number of carbonyl (C=O) groups is 2. The third kappa shape index (κ3) is 2.97. The highest BCUT2D eigenvalue weighted by molar-refractivity contribution is 5.79. The second-order valence-electron chi connectivity index (χ2n) is 4.98. The molecule has 96 valence electrons. The fraction of sp³-hybridized carbons (Fsp3) is 0.833. The van der Waals surface area contributed by atoms with Crippen LogP contribution in [0.5, 0.6) is 0 Å². The van der Waals surface area contributed by atoms with E-state index in [1.165, 1.54) is 0 Å². The van der Waals surface area contributed by atoms with Crippen LogP contribution in [0.4, 0.5) is 0 Å². The molecule has 0 radical (unpaired) electrons. The third-order valence-corrected chi connectivity index (χ3v) is 3.80. The van der Waals surface area contributed by atoms with Gasteiger partial charge in [0, 0.05) is 19.6 Å². The van der Waals surface area contributed by atoms with E-state index in [2.05, 4.69) is 5.32 Å². The zero-order valence-electron chi connectivity index (χ0n) is 10.0. The molecule has 2 rings (SSSR count). The molecular weight excluding hydrogens is 220 g/mol. The zero-order chi connectivity index (χ0) is 12.3. The van der Waals surface area contributed by atoms with E-state index < -0.39 is 5.97 Å². The largest absolute Gasteiger partial charge is 0.481 e. The van der Waals surface area contributed by atoms with Gasteiger partial charge in [-0.1, -0.05) is 0 Å². The van der Waals surface area contributed by atoms with Gasteiger partial charge < -0.3 is 15.3 Å². The molecular formula is C12H20N2O3. The van der Waals surface area contributed by atoms with E-state index in [9.17, 15) is 9.59 Å². The summed E-state index contributed by atoms with van der Waals surface area (Å²) in [7, 11) is 0. The molecule has 2 aliphatic heterocycles. The highest BCUT2D eigenvalue weighted by atomic mass is 16.4. The van der Waals surface area contributed by atoms with E-state index in [4.69, 9.17) is 5.11 Å². The molecule has 0 aromatic carbocycles. The van der Waals surface area contributed by atoms with Crippen molar-refractivity contribution in [2.24, 2.45) is 11.8 Å². The number of nitrogens with zero attached hydrogens (tertiary/aromatic N) is 1. The Hall–Kier alpha value is -1.10. The summed E-state index contributed by atoms with van der Waals surface area (Å²) in [4.78, 5) is 24.8. The molecule has 1 atom stereocenters. The highest BCUT2D eigenvalue weighted by Gasteiger charge is 2.30. The zero-order valence-corrected chi connectivity index (χ0v) is 10.0. The van der Waals surface area contributed by atoms with Crippen LogP contribution in [0.15, 0.2) is 0 Å². The molecule has 0 saturated carbocycles. The van der Waals surface area contributed by atoms with Crippen LogP contribution >= 0.6 is 0 Å². The number of carboxylic acids is 1. The number of carbonyl (C=O) groups excluding carboxylic acids is 1. The van der Waals surface area contributed by atoms with E-state index in [0.29, 0.717) is 25.9 Å². The second kappa shape index (κ2) is 5.49. The van der Waals surface area contributed by atoms with Crippen molar-refractivity contribution in [3.05, 3.63) is 0 Å². The Balaban J connectivity index is 1.83. The van der Waals surface area contributed by atoms with Crippen LogP contribution in [0.3, 0.4) is 0 Å². The average molecular weight is 240 g/mol. The van der Waals surface area contributed by atoms with Crippen molar-refractivity contribution in [2.45, 2.75) is 25.7 Å². The van der Waals surface area contributed by atoms with Crippen LogP contribution < -0.4 is 5.32 Å². The van der Waals surface area contributed by atoms with Gasteiger partial charge in [0.1, 0.15) is 0 Å². The van der Waals surface area contributed by atoms with Crippen molar-refractivity contribution in [3.8, 4) is 0 Å². The molecule has 5 nitrogen and oxygen atoms in total. The first kappa shape index (κ1) is 12.4. The molecule has 2 aliphatic rings. The first-order valence-electron chi connectivity index (χ1n) is 6.41. The predicted molar refractivity (Wildman–Crippen MR) is 62.5 cm³/mol. The lowest BCUT2D eigenvalue weighted by molar-refractivity contribution is -0.146. The van der Waals surface area contributed by atoms with Gasteiger partial charge in [0.15, 0.2) is 0 Å². The fourth-order valence-electron chi connectivity index (χ4n) is 2.67. The van der Waals surface area contributed by atoms with Crippen LogP contribution in [-0.2, 0) is 9.59 Å². The van der Waals surface area contributed by atoms with Crippen LogP contribution in [0.2, 0.25) is 0 Å². The summed E-state index contributed by atoms with van der Waals surface area (Å²) in [6, 6.07) is 0. The van der Waals surface area contributed by atoms with Crippen molar-refractivity contribution >= 4 is 11.9 Å². The van der Waals surface area contributed by atoms with Gasteiger partial charge in [-0.3, -0.25) is 9.59 Å². The lowest BCUT2D eigenvalue weighted by atomic mass is 9.93. The number of nitrogens with one attached hydrogen (secondary N) is 1. The summed E-state index contributed by atoms with van der Waals surface area (Å²) in [5.74, 6) is -0.675. The Morgan fingerprint density at radius 2 is 1.82 bits per heavy atom. The Morgan fingerprint density at radius 1 is 1.12 bits per heavy atom. The first-order chi connectivity index (χ1) is 8.18. The van der Waals surface area contributed by atoms with Gasteiger partial charge in [0.25, 0.3) is 0 Å². The van der Waals surface area contributed by atoms with Crippen molar-refractivity contribution in [3.63, 3.8) is 0 Å². The molecule has 1 unspecified atom stereocenters. The first-order valence-corrected chi connectivity index (χ1v) is 6.41. The number of likely N-dealkylation sites (tertiary alicyclic amines) is 1. The monoisotopic (exact) mass is 240 g/mol. The van der Waals surface area contributed by atoms with E-state index in [1.54, 1.807) is 0 Å². The summed E-state index contributed by atoms with van der Waals surface area (Å²) in [6.45, 7) is 2.99. The lowest BCUT2D eigenvalue weighted by Crippen LogP contribution is -2.46. The molecule has 2 N–H and O–H groups in total. The summed E-state index contributed by atoms with van der Waals surface area (Å²) in [5.41, 5.74) is 0. The molecule has 0 aromatic heterocycles. The second-order valence-corrected chi connectivity index (χ2v) is 4.98. The van der Waals surface area contributed by atoms with Gasteiger partial charge in [0.2, 0.25) is 5.91 Å². The van der Waals surface area contributed by atoms with E-state index in [-0.39, 0.29) is 17.7 Å². The number of hydrogen-bond donors (Lipinski definition) is 2. The molecule has 0 spiro atoms. The van der Waals surface area contributed by atoms with Gasteiger partial charge in [0.05, 0.1) is 11.8 Å². The summed E-state index contributed by atoms with van der Waals surface area (Å²) in [5, 5.41) is 12.1. The van der Waals surface area contributed by atoms with Gasteiger partial charge >= 0.3 is 5.97 Å². The maximum absolute atomic E-state index is 12.2. The number of hydrogen-bond acceptors (Lipinski definition) is 3. The topological polar surface area (TPSA) is 69.6 Å². The van der Waals surface area contributed by atoms with Crippen molar-refractivity contribution in [2.75, 3.05) is 26.2 Å². The smallest absolute Gasteiger partial charge is 0.306 e. The van der Waals surface area contributed by atoms with Gasteiger partial charge in [-0.2, -0.15) is 0 Å². The van der Waals surface area contributed by atoms with Crippen molar-refractivity contribution < 1.29 is 14.7 Å². The Morgan fingerprint density at radius 3 is 2.35 bits per heavy atom. The van der Waals surface area contributed by atoms with Gasteiger partial charge in [-0.15, -0.1) is 0 Å². The molecule has 2 heterocycles. The summed E-state index contributed by atoms with van der Waals surface area (Å²) in [6.07, 6.45) is 3.22. The molecule has 1 amide bonds. The number of carboxylic acid groups (broad SMARTS) is 1. The van der Waals surface area contributed by atoms with Gasteiger partial charge in [-0.25, -0.2) is 0 Å². The lowest BCUT2D eigenvalue weighted by Gasteiger charge is -2.34. The standard InChI is InChI=1S/C12H20N2O3/c15-11(10-2-1-5-13-8-10)14-6-3-9(4-7-14)12(16)17/h9-10,13H,1-8H2,(H,16,17). The Kier molecular flexibility index (Phi) is 3.99. The van der Waals surface area contributed by atoms with Crippen LogP contribution in [0.1, 0.15) is 25.7 Å². The van der Waals surface area contributed by atoms with Gasteiger partial charge in [-0.05, 0) is 32.2 Å². The molecule has 0 aromatic rings. The van der Waals surface area contributed by atoms with E-state index >= 15 is 0 Å². The molecule has 2 saturated heterocycles. The minimum Gasteiger partial charge on any atom is -0.481 e. The summed E-state index contributed by atoms with van der Waals surface area (Å²) >= 11 is 0. The normalized spacial score (nSPS) is 26.8. The molecule has 17 heavy (non-hydrogen) atoms. The van der Waals surface area contributed by atoms with Crippen LogP contribution in [0.25, 0.3) is 0 Å². The predicted octanol–water partition coefficient (Wildman–Crippen LogP) is 0.309. The molecule has 2 fully saturated rings. The molecule has 5 heteroatoms. The van der Waals surface area contributed by atoms with Crippen molar-refractivity contribution in [1.29, 1.82) is 0 Å². The maximum Gasteiger partial charge on any atom is 0.306 e. The number of amides is 1. The average Bonchev–Trinajstić information content (AvgIpc) is 2.39. The Bertz CT molecular complexity index is 292. The summed E-state index contributed by atoms with van der Waals surface area (Å²) < 4.78 is 0. The minimum atomic E-state index is -0.726. The number of rotatable bonds is 2.